The molecule has 3 rings (SSSR count). The van der Waals surface area contributed by atoms with Crippen molar-refractivity contribution in [1.29, 1.82) is 0 Å². The van der Waals surface area contributed by atoms with E-state index in [4.69, 9.17) is 16.7 Å². The average Bonchev–Trinajstić information content (AvgIpc) is 2.82. The van der Waals surface area contributed by atoms with Crippen molar-refractivity contribution in [3.63, 3.8) is 0 Å². The van der Waals surface area contributed by atoms with Crippen molar-refractivity contribution in [3.8, 4) is 5.69 Å². The first-order valence-corrected chi connectivity index (χ1v) is 6.77. The standard InChI is InChI=1S/C14H14ClN3O2/c15-11-2-1-3-12(6-11)18-9-10(7-16-18)8-17-5-4-13(17)14(19)20/h1-3,6-7,9,13H,4-5,8H2,(H,19,20)/t13-/m0/s1. The molecule has 0 radical (unpaired) electrons. The monoisotopic (exact) mass is 291 g/mol. The number of hydrogen-bond donors (Lipinski definition) is 1. The molecule has 0 bridgehead atoms. The summed E-state index contributed by atoms with van der Waals surface area (Å²) in [7, 11) is 0. The van der Waals surface area contributed by atoms with Gasteiger partial charge in [0.25, 0.3) is 0 Å². The van der Waals surface area contributed by atoms with Crippen LogP contribution in [0.5, 0.6) is 0 Å². The molecule has 0 spiro atoms. The maximum Gasteiger partial charge on any atom is 0.320 e. The number of halogens is 1. The average molecular weight is 292 g/mol. The van der Waals surface area contributed by atoms with Crippen molar-refractivity contribution >= 4 is 17.6 Å². The van der Waals surface area contributed by atoms with E-state index in [1.807, 2.05) is 35.4 Å². The second-order valence-electron chi connectivity index (χ2n) is 4.89. The number of carbonyl (C=O) groups is 1. The molecular weight excluding hydrogens is 278 g/mol. The summed E-state index contributed by atoms with van der Waals surface area (Å²) < 4.78 is 1.75. The number of carboxylic acid groups (broad SMARTS) is 1. The number of aromatic nitrogens is 2. The Balaban J connectivity index is 1.73. The molecular formula is C14H14ClN3O2. The van der Waals surface area contributed by atoms with Gasteiger partial charge in [-0.3, -0.25) is 9.69 Å². The minimum atomic E-state index is -0.751. The first-order valence-electron chi connectivity index (χ1n) is 6.40. The van der Waals surface area contributed by atoms with Crippen LogP contribution in [-0.2, 0) is 11.3 Å². The first kappa shape index (κ1) is 13.1. The molecule has 2 heterocycles. The molecule has 1 aromatic heterocycles. The second kappa shape index (κ2) is 5.26. The fraction of sp³-hybridized carbons (Fsp3) is 0.286. The van der Waals surface area contributed by atoms with Crippen LogP contribution in [-0.4, -0.2) is 38.3 Å². The van der Waals surface area contributed by atoms with Gasteiger partial charge in [0.2, 0.25) is 0 Å². The van der Waals surface area contributed by atoms with Crippen molar-refractivity contribution in [3.05, 3.63) is 47.2 Å². The molecule has 0 unspecified atom stereocenters. The van der Waals surface area contributed by atoms with Gasteiger partial charge in [-0.15, -0.1) is 0 Å². The lowest BCUT2D eigenvalue weighted by molar-refractivity contribution is -0.148. The minimum absolute atomic E-state index is 0.357. The quantitative estimate of drug-likeness (QED) is 0.938. The third-order valence-corrected chi connectivity index (χ3v) is 3.75. The van der Waals surface area contributed by atoms with E-state index in [0.717, 1.165) is 24.2 Å². The third kappa shape index (κ3) is 2.55. The van der Waals surface area contributed by atoms with Crippen LogP contribution in [0.15, 0.2) is 36.7 Å². The molecule has 2 aromatic rings. The Morgan fingerprint density at radius 2 is 2.35 bits per heavy atom. The van der Waals surface area contributed by atoms with E-state index in [1.54, 1.807) is 10.9 Å². The highest BCUT2D eigenvalue weighted by molar-refractivity contribution is 6.30. The Morgan fingerprint density at radius 3 is 3.00 bits per heavy atom. The van der Waals surface area contributed by atoms with Crippen LogP contribution in [0.4, 0.5) is 0 Å². The predicted octanol–water partition coefficient (Wildman–Crippen LogP) is 2.18. The molecule has 1 saturated heterocycles. The van der Waals surface area contributed by atoms with Crippen molar-refractivity contribution < 1.29 is 9.90 Å². The lowest BCUT2D eigenvalue weighted by atomic mass is 10.0. The fourth-order valence-corrected chi connectivity index (χ4v) is 2.53. The van der Waals surface area contributed by atoms with Gasteiger partial charge in [-0.05, 0) is 24.6 Å². The van der Waals surface area contributed by atoms with E-state index in [1.165, 1.54) is 0 Å². The van der Waals surface area contributed by atoms with Gasteiger partial charge in [-0.25, -0.2) is 4.68 Å². The van der Waals surface area contributed by atoms with Crippen LogP contribution in [0.25, 0.3) is 5.69 Å². The summed E-state index contributed by atoms with van der Waals surface area (Å²) in [5, 5.41) is 14.0. The van der Waals surface area contributed by atoms with E-state index in [-0.39, 0.29) is 6.04 Å². The van der Waals surface area contributed by atoms with Gasteiger partial charge in [0, 0.05) is 29.9 Å². The van der Waals surface area contributed by atoms with Gasteiger partial charge >= 0.3 is 5.97 Å². The van der Waals surface area contributed by atoms with Crippen molar-refractivity contribution in [2.75, 3.05) is 6.54 Å². The van der Waals surface area contributed by atoms with Crippen LogP contribution in [0, 0.1) is 0 Å². The van der Waals surface area contributed by atoms with Crippen molar-refractivity contribution in [2.24, 2.45) is 0 Å². The zero-order valence-corrected chi connectivity index (χ0v) is 11.5. The lowest BCUT2D eigenvalue weighted by Crippen LogP contribution is -2.51. The lowest BCUT2D eigenvalue weighted by Gasteiger charge is -2.37. The Hall–Kier alpha value is -1.85. The van der Waals surface area contributed by atoms with Gasteiger partial charge < -0.3 is 5.11 Å². The van der Waals surface area contributed by atoms with Crippen molar-refractivity contribution in [1.82, 2.24) is 14.7 Å². The van der Waals surface area contributed by atoms with Gasteiger partial charge in [0.15, 0.2) is 0 Å². The number of benzene rings is 1. The maximum absolute atomic E-state index is 11.0. The largest absolute Gasteiger partial charge is 0.480 e. The van der Waals surface area contributed by atoms with E-state index in [0.29, 0.717) is 11.6 Å². The highest BCUT2D eigenvalue weighted by Crippen LogP contribution is 2.21. The summed E-state index contributed by atoms with van der Waals surface area (Å²) in [6.45, 7) is 1.43. The van der Waals surface area contributed by atoms with Crippen LogP contribution >= 0.6 is 11.6 Å². The highest BCUT2D eigenvalue weighted by Gasteiger charge is 2.33. The van der Waals surface area contributed by atoms with E-state index in [9.17, 15) is 4.79 Å². The zero-order valence-electron chi connectivity index (χ0n) is 10.7. The molecule has 20 heavy (non-hydrogen) atoms. The zero-order chi connectivity index (χ0) is 14.1. The number of nitrogens with zero attached hydrogens (tertiary/aromatic N) is 3. The Bertz CT molecular complexity index is 641. The summed E-state index contributed by atoms with van der Waals surface area (Å²) in [5.41, 5.74) is 1.89. The minimum Gasteiger partial charge on any atom is -0.480 e. The van der Waals surface area contributed by atoms with Crippen LogP contribution in [0.2, 0.25) is 5.02 Å². The third-order valence-electron chi connectivity index (χ3n) is 3.51. The molecule has 0 saturated carbocycles. The fourth-order valence-electron chi connectivity index (χ4n) is 2.35. The molecule has 104 valence electrons. The summed E-state index contributed by atoms with van der Waals surface area (Å²) in [6, 6.07) is 7.08. The van der Waals surface area contributed by atoms with E-state index < -0.39 is 5.97 Å². The Morgan fingerprint density at radius 1 is 1.50 bits per heavy atom. The summed E-state index contributed by atoms with van der Waals surface area (Å²) in [4.78, 5) is 12.9. The second-order valence-corrected chi connectivity index (χ2v) is 5.32. The molecule has 1 aromatic carbocycles. The molecule has 1 N–H and O–H groups in total. The number of hydrogen-bond acceptors (Lipinski definition) is 3. The topological polar surface area (TPSA) is 58.4 Å². The number of aliphatic carboxylic acids is 1. The molecule has 1 aliphatic heterocycles. The van der Waals surface area contributed by atoms with Gasteiger partial charge in [-0.1, -0.05) is 17.7 Å². The van der Waals surface area contributed by atoms with Gasteiger partial charge in [0.1, 0.15) is 6.04 Å². The molecule has 1 aliphatic rings. The first-order chi connectivity index (χ1) is 9.63. The van der Waals surface area contributed by atoms with E-state index >= 15 is 0 Å². The number of likely N-dealkylation sites (tertiary alicyclic amines) is 1. The predicted molar refractivity (Wildman–Crippen MR) is 75.0 cm³/mol. The highest BCUT2D eigenvalue weighted by atomic mass is 35.5. The van der Waals surface area contributed by atoms with Crippen molar-refractivity contribution in [2.45, 2.75) is 19.0 Å². The van der Waals surface area contributed by atoms with Crippen LogP contribution in [0.1, 0.15) is 12.0 Å². The number of carboxylic acids is 1. The smallest absolute Gasteiger partial charge is 0.320 e. The molecule has 6 heteroatoms. The number of rotatable bonds is 4. The summed E-state index contributed by atoms with van der Waals surface area (Å²) >= 11 is 5.96. The molecule has 1 fully saturated rings. The van der Waals surface area contributed by atoms with E-state index in [2.05, 4.69) is 5.10 Å². The molecule has 5 nitrogen and oxygen atoms in total. The Kier molecular flexibility index (Phi) is 3.46. The normalized spacial score (nSPS) is 18.8. The molecule has 0 amide bonds. The van der Waals surface area contributed by atoms with Crippen LogP contribution in [0.3, 0.4) is 0 Å². The summed E-state index contributed by atoms with van der Waals surface area (Å²) in [6.07, 6.45) is 4.39. The molecule has 0 aliphatic carbocycles. The van der Waals surface area contributed by atoms with Crippen LogP contribution < -0.4 is 0 Å². The molecule has 1 atom stereocenters. The van der Waals surface area contributed by atoms with Gasteiger partial charge in [-0.2, -0.15) is 5.10 Å². The Labute approximate surface area is 121 Å². The SMILES string of the molecule is O=C(O)[C@@H]1CCN1Cc1cnn(-c2cccc(Cl)c2)c1. The maximum atomic E-state index is 11.0. The van der Waals surface area contributed by atoms with Gasteiger partial charge in [0.05, 0.1) is 11.9 Å². The summed E-state index contributed by atoms with van der Waals surface area (Å²) in [5.74, 6) is -0.751.